The van der Waals surface area contributed by atoms with Gasteiger partial charge in [0.25, 0.3) is 5.91 Å². The van der Waals surface area contributed by atoms with E-state index in [9.17, 15) is 14.7 Å². The van der Waals surface area contributed by atoms with Gasteiger partial charge in [0.2, 0.25) is 0 Å². The van der Waals surface area contributed by atoms with Crippen molar-refractivity contribution in [3.63, 3.8) is 0 Å². The summed E-state index contributed by atoms with van der Waals surface area (Å²) in [7, 11) is 0. The zero-order valence-electron chi connectivity index (χ0n) is 14.6. The first kappa shape index (κ1) is 15.3. The van der Waals surface area contributed by atoms with Crippen LogP contribution in [0.25, 0.3) is 5.69 Å². The van der Waals surface area contributed by atoms with Gasteiger partial charge in [0, 0.05) is 0 Å². The van der Waals surface area contributed by atoms with Crippen molar-refractivity contribution in [2.45, 2.75) is 37.6 Å². The molecule has 4 saturated carbocycles. The minimum Gasteiger partial charge on any atom is -0.478 e. The van der Waals surface area contributed by atoms with Crippen LogP contribution in [0.4, 0.5) is 0 Å². The Bertz CT molecular complexity index is 969. The summed E-state index contributed by atoms with van der Waals surface area (Å²) in [5, 5.41) is 25.2. The minimum absolute atomic E-state index is 0.115. The second-order valence-corrected chi connectivity index (χ2v) is 8.58. The highest BCUT2D eigenvalue weighted by molar-refractivity contribution is 6.00. The summed E-state index contributed by atoms with van der Waals surface area (Å²) in [6, 6.07) is 4.51. The number of aromatic nitrogens is 4. The van der Waals surface area contributed by atoms with Gasteiger partial charge < -0.3 is 10.4 Å². The Kier molecular flexibility index (Phi) is 2.80. The van der Waals surface area contributed by atoms with E-state index < -0.39 is 11.5 Å². The molecule has 2 N–H and O–H groups in total. The number of amides is 1. The Morgan fingerprint density at radius 2 is 1.85 bits per heavy atom. The molecule has 4 bridgehead atoms. The molecule has 138 valence electrons. The fraction of sp³-hybridized carbons (Fsp3) is 0.526. The lowest BCUT2D eigenvalue weighted by atomic mass is 9.48. The van der Waals surface area contributed by atoms with Gasteiger partial charge in [-0.2, -0.15) is 4.68 Å². The zero-order valence-corrected chi connectivity index (χ0v) is 14.6. The second-order valence-electron chi connectivity index (χ2n) is 8.58. The lowest BCUT2D eigenvalue weighted by Gasteiger charge is -2.60. The normalized spacial score (nSPS) is 35.5. The highest BCUT2D eigenvalue weighted by Crippen LogP contribution is 2.61. The molecule has 1 amide bonds. The van der Waals surface area contributed by atoms with E-state index in [2.05, 4.69) is 20.8 Å². The van der Waals surface area contributed by atoms with Gasteiger partial charge in [0.05, 0.1) is 16.8 Å². The van der Waals surface area contributed by atoms with Crippen LogP contribution < -0.4 is 5.32 Å². The summed E-state index contributed by atoms with van der Waals surface area (Å²) in [6.07, 6.45) is 5.69. The SMILES string of the molecule is O=C(O)c1ccc2c(c1)-n1nnnc1C1(NC2=O)C2CC3CC(C2)CC1C3. The number of fused-ring (bicyclic) bond motifs is 3. The molecule has 4 aliphatic carbocycles. The summed E-state index contributed by atoms with van der Waals surface area (Å²) in [5.41, 5.74) is 0.414. The van der Waals surface area contributed by atoms with Crippen molar-refractivity contribution in [2.75, 3.05) is 0 Å². The fourth-order valence-electron chi connectivity index (χ4n) is 6.45. The average Bonchev–Trinajstić information content (AvgIpc) is 3.10. The van der Waals surface area contributed by atoms with E-state index >= 15 is 0 Å². The first-order valence-electron chi connectivity index (χ1n) is 9.55. The highest BCUT2D eigenvalue weighted by atomic mass is 16.4. The molecule has 0 unspecified atom stereocenters. The quantitative estimate of drug-likeness (QED) is 0.797. The predicted molar refractivity (Wildman–Crippen MR) is 92.3 cm³/mol. The van der Waals surface area contributed by atoms with E-state index in [-0.39, 0.29) is 11.5 Å². The molecule has 1 aliphatic heterocycles. The number of carboxylic acids is 1. The number of benzene rings is 1. The summed E-state index contributed by atoms with van der Waals surface area (Å²) >= 11 is 0. The Morgan fingerprint density at radius 1 is 1.15 bits per heavy atom. The van der Waals surface area contributed by atoms with Crippen molar-refractivity contribution in [3.05, 3.63) is 35.2 Å². The van der Waals surface area contributed by atoms with Gasteiger partial charge in [-0.25, -0.2) is 4.79 Å². The Hall–Kier alpha value is -2.77. The van der Waals surface area contributed by atoms with E-state index in [1.807, 2.05) is 0 Å². The van der Waals surface area contributed by atoms with Crippen molar-refractivity contribution in [1.29, 1.82) is 0 Å². The Morgan fingerprint density at radius 3 is 2.52 bits per heavy atom. The molecular weight excluding hydrogens is 346 g/mol. The van der Waals surface area contributed by atoms with Crippen LogP contribution in [-0.2, 0) is 5.54 Å². The third-order valence-electron chi connectivity index (χ3n) is 7.30. The molecule has 27 heavy (non-hydrogen) atoms. The largest absolute Gasteiger partial charge is 0.478 e. The number of tetrazole rings is 1. The van der Waals surface area contributed by atoms with Gasteiger partial charge in [-0.15, -0.1) is 5.10 Å². The van der Waals surface area contributed by atoms with E-state index in [0.717, 1.165) is 37.5 Å². The van der Waals surface area contributed by atoms with Crippen LogP contribution in [0.3, 0.4) is 0 Å². The molecule has 4 fully saturated rings. The number of nitrogens with zero attached hydrogens (tertiary/aromatic N) is 4. The first-order chi connectivity index (χ1) is 13.1. The van der Waals surface area contributed by atoms with Crippen LogP contribution >= 0.6 is 0 Å². The van der Waals surface area contributed by atoms with Gasteiger partial charge in [0.15, 0.2) is 5.82 Å². The van der Waals surface area contributed by atoms with Gasteiger partial charge in [-0.3, -0.25) is 4.79 Å². The molecule has 0 radical (unpaired) electrons. The lowest BCUT2D eigenvalue weighted by Crippen LogP contribution is -2.64. The van der Waals surface area contributed by atoms with Crippen LogP contribution in [0.5, 0.6) is 0 Å². The summed E-state index contributed by atoms with van der Waals surface area (Å²) in [4.78, 5) is 24.6. The molecule has 7 rings (SSSR count). The average molecular weight is 365 g/mol. The Labute approximate surface area is 154 Å². The van der Waals surface area contributed by atoms with Crippen molar-refractivity contribution < 1.29 is 14.7 Å². The van der Waals surface area contributed by atoms with Gasteiger partial charge in [0.1, 0.15) is 5.54 Å². The van der Waals surface area contributed by atoms with Crippen LogP contribution in [-0.4, -0.2) is 37.2 Å². The van der Waals surface area contributed by atoms with E-state index in [1.165, 1.54) is 18.6 Å². The summed E-state index contributed by atoms with van der Waals surface area (Å²) < 4.78 is 1.60. The third-order valence-corrected chi connectivity index (χ3v) is 7.30. The number of rotatable bonds is 1. The number of carbonyl (C=O) groups is 2. The van der Waals surface area contributed by atoms with E-state index in [0.29, 0.717) is 28.9 Å². The maximum Gasteiger partial charge on any atom is 0.335 e. The summed E-state index contributed by atoms with van der Waals surface area (Å²) in [6.45, 7) is 0. The van der Waals surface area contributed by atoms with Crippen LogP contribution in [0, 0.1) is 23.7 Å². The third kappa shape index (κ3) is 1.85. The van der Waals surface area contributed by atoms with Crippen molar-refractivity contribution in [2.24, 2.45) is 23.7 Å². The van der Waals surface area contributed by atoms with Crippen molar-refractivity contribution in [3.8, 4) is 5.69 Å². The van der Waals surface area contributed by atoms with Crippen LogP contribution in [0.2, 0.25) is 0 Å². The van der Waals surface area contributed by atoms with Gasteiger partial charge in [-0.1, -0.05) is 0 Å². The molecule has 2 aromatic rings. The number of aromatic carboxylic acids is 1. The molecule has 8 heteroatoms. The molecular formula is C19H19N5O3. The minimum atomic E-state index is -1.04. The molecule has 5 aliphatic rings. The Balaban J connectivity index is 1.59. The molecule has 0 saturated heterocycles. The molecule has 8 nitrogen and oxygen atoms in total. The number of hydrogen-bond acceptors (Lipinski definition) is 5. The fourth-order valence-corrected chi connectivity index (χ4v) is 6.45. The topological polar surface area (TPSA) is 110 Å². The highest BCUT2D eigenvalue weighted by Gasteiger charge is 2.61. The molecule has 0 atom stereocenters. The number of nitrogens with one attached hydrogen (secondary N) is 1. The van der Waals surface area contributed by atoms with E-state index in [1.54, 1.807) is 10.7 Å². The predicted octanol–water partition coefficient (Wildman–Crippen LogP) is 1.76. The maximum atomic E-state index is 13.2. The zero-order chi connectivity index (χ0) is 18.3. The monoisotopic (exact) mass is 365 g/mol. The second kappa shape index (κ2) is 4.94. The van der Waals surface area contributed by atoms with Crippen molar-refractivity contribution >= 4 is 11.9 Å². The van der Waals surface area contributed by atoms with Crippen LogP contribution in [0.1, 0.15) is 58.6 Å². The maximum absolute atomic E-state index is 13.2. The first-order valence-corrected chi connectivity index (χ1v) is 9.55. The molecule has 2 heterocycles. The summed E-state index contributed by atoms with van der Waals surface area (Å²) in [5.74, 6) is 1.58. The van der Waals surface area contributed by atoms with Crippen molar-refractivity contribution in [1.82, 2.24) is 25.5 Å². The lowest BCUT2D eigenvalue weighted by molar-refractivity contribution is -0.0775. The van der Waals surface area contributed by atoms with E-state index in [4.69, 9.17) is 0 Å². The van der Waals surface area contributed by atoms with Crippen LogP contribution in [0.15, 0.2) is 18.2 Å². The van der Waals surface area contributed by atoms with Gasteiger partial charge >= 0.3 is 5.97 Å². The van der Waals surface area contributed by atoms with Gasteiger partial charge in [-0.05, 0) is 84.4 Å². The molecule has 1 aromatic heterocycles. The standard InChI is InChI=1S/C19H19N5O3/c25-16-14-2-1-11(17(26)27)8-15(14)24-18(21-22-23-24)19(20-16)12-4-9-3-10(6-12)7-13(19)5-9/h1-2,8-10,12-13H,3-7H2,(H,20,25)(H,26,27). The smallest absolute Gasteiger partial charge is 0.335 e. The number of hydrogen-bond donors (Lipinski definition) is 2. The number of carbonyl (C=O) groups excluding carboxylic acids is 1. The number of carboxylic acid groups (broad SMARTS) is 1. The molecule has 1 aromatic carbocycles. The molecule has 1 spiro atoms.